The lowest BCUT2D eigenvalue weighted by Gasteiger charge is -2.07. The van der Waals surface area contributed by atoms with Gasteiger partial charge in [0.15, 0.2) is 0 Å². The summed E-state index contributed by atoms with van der Waals surface area (Å²) in [5, 5.41) is 11.9. The molecular formula is C7H11NO2. The van der Waals surface area contributed by atoms with Gasteiger partial charge in [0.2, 0.25) is 0 Å². The summed E-state index contributed by atoms with van der Waals surface area (Å²) in [6, 6.07) is 0. The van der Waals surface area contributed by atoms with E-state index < -0.39 is 5.97 Å². The summed E-state index contributed by atoms with van der Waals surface area (Å²) >= 11 is 0. The van der Waals surface area contributed by atoms with Gasteiger partial charge < -0.3 is 10.4 Å². The number of carbonyl (C=O) groups is 1. The molecule has 1 heterocycles. The van der Waals surface area contributed by atoms with Crippen LogP contribution in [0.15, 0.2) is 0 Å². The van der Waals surface area contributed by atoms with Gasteiger partial charge in [-0.3, -0.25) is 4.79 Å². The van der Waals surface area contributed by atoms with Crippen molar-refractivity contribution in [3.8, 4) is 0 Å². The first-order chi connectivity index (χ1) is 4.80. The normalized spacial score (nSPS) is 44.2. The Morgan fingerprint density at radius 2 is 2.30 bits per heavy atom. The monoisotopic (exact) mass is 141 g/mol. The second-order valence-corrected chi connectivity index (χ2v) is 3.18. The van der Waals surface area contributed by atoms with Gasteiger partial charge in [0.1, 0.15) is 0 Å². The quantitative estimate of drug-likeness (QED) is 0.537. The Morgan fingerprint density at radius 3 is 2.80 bits per heavy atom. The van der Waals surface area contributed by atoms with E-state index in [0.717, 1.165) is 19.5 Å². The van der Waals surface area contributed by atoms with E-state index >= 15 is 0 Å². The average Bonchev–Trinajstić information content (AvgIpc) is 2.60. The van der Waals surface area contributed by atoms with E-state index in [-0.39, 0.29) is 5.92 Å². The molecule has 56 valence electrons. The molecule has 10 heavy (non-hydrogen) atoms. The minimum atomic E-state index is -0.598. The van der Waals surface area contributed by atoms with Crippen LogP contribution in [-0.2, 0) is 4.79 Å². The van der Waals surface area contributed by atoms with Crippen molar-refractivity contribution in [1.82, 2.24) is 5.32 Å². The summed E-state index contributed by atoms with van der Waals surface area (Å²) in [5.41, 5.74) is 0. The number of hydrogen-bond donors (Lipinski definition) is 2. The molecule has 1 saturated carbocycles. The van der Waals surface area contributed by atoms with Gasteiger partial charge in [0.05, 0.1) is 5.92 Å². The lowest BCUT2D eigenvalue weighted by molar-refractivity contribution is -0.139. The summed E-state index contributed by atoms with van der Waals surface area (Å²) in [6.07, 6.45) is 1.06. The summed E-state index contributed by atoms with van der Waals surface area (Å²) in [5.74, 6) is 0.332. The number of hydrogen-bond acceptors (Lipinski definition) is 2. The van der Waals surface area contributed by atoms with Crippen molar-refractivity contribution in [2.75, 3.05) is 13.1 Å². The number of piperidine rings is 1. The Balaban J connectivity index is 1.99. The van der Waals surface area contributed by atoms with Gasteiger partial charge >= 0.3 is 5.97 Å². The topological polar surface area (TPSA) is 49.3 Å². The van der Waals surface area contributed by atoms with E-state index in [1.165, 1.54) is 0 Å². The number of aliphatic carboxylic acids is 1. The smallest absolute Gasteiger partial charge is 0.307 e. The zero-order chi connectivity index (χ0) is 7.14. The van der Waals surface area contributed by atoms with Crippen molar-refractivity contribution < 1.29 is 9.90 Å². The van der Waals surface area contributed by atoms with Gasteiger partial charge in [-0.25, -0.2) is 0 Å². The third kappa shape index (κ3) is 0.736. The largest absolute Gasteiger partial charge is 0.481 e. The van der Waals surface area contributed by atoms with Crippen LogP contribution < -0.4 is 5.32 Å². The fourth-order valence-electron chi connectivity index (χ4n) is 2.02. The summed E-state index contributed by atoms with van der Waals surface area (Å²) in [6.45, 7) is 1.92. The summed E-state index contributed by atoms with van der Waals surface area (Å²) in [4.78, 5) is 10.5. The van der Waals surface area contributed by atoms with Crippen molar-refractivity contribution in [2.24, 2.45) is 17.8 Å². The van der Waals surface area contributed by atoms with Crippen molar-refractivity contribution in [1.29, 1.82) is 0 Å². The second kappa shape index (κ2) is 1.95. The Bertz CT molecular complexity index is 157. The molecule has 2 rings (SSSR count). The highest BCUT2D eigenvalue weighted by molar-refractivity contribution is 5.74. The molecule has 2 fully saturated rings. The van der Waals surface area contributed by atoms with E-state index in [1.807, 2.05) is 0 Å². The molecule has 2 N–H and O–H groups in total. The number of nitrogens with one attached hydrogen (secondary N) is 1. The predicted octanol–water partition coefficient (Wildman–Crippen LogP) is -0.0735. The molecule has 3 heteroatoms. The van der Waals surface area contributed by atoms with Crippen LogP contribution in [0.4, 0.5) is 0 Å². The molecule has 0 amide bonds. The van der Waals surface area contributed by atoms with Crippen LogP contribution in [0.2, 0.25) is 0 Å². The van der Waals surface area contributed by atoms with E-state index in [2.05, 4.69) is 5.32 Å². The van der Waals surface area contributed by atoms with Gasteiger partial charge in [0.25, 0.3) is 0 Å². The highest BCUT2D eigenvalue weighted by Gasteiger charge is 2.55. The van der Waals surface area contributed by atoms with Crippen LogP contribution in [0.1, 0.15) is 6.42 Å². The molecule has 1 aliphatic heterocycles. The maximum atomic E-state index is 10.5. The number of carboxylic acid groups (broad SMARTS) is 1. The lowest BCUT2D eigenvalue weighted by atomic mass is 10.2. The zero-order valence-corrected chi connectivity index (χ0v) is 5.71. The average molecular weight is 141 g/mol. The Hall–Kier alpha value is -0.570. The van der Waals surface area contributed by atoms with Crippen molar-refractivity contribution in [2.45, 2.75) is 6.42 Å². The van der Waals surface area contributed by atoms with Gasteiger partial charge in [-0.05, 0) is 31.3 Å². The third-order valence-electron chi connectivity index (χ3n) is 2.65. The second-order valence-electron chi connectivity index (χ2n) is 3.18. The molecule has 0 radical (unpaired) electrons. The molecule has 0 aromatic heterocycles. The maximum Gasteiger partial charge on any atom is 0.307 e. The predicted molar refractivity (Wildman–Crippen MR) is 35.6 cm³/mol. The molecule has 1 aliphatic carbocycles. The van der Waals surface area contributed by atoms with Crippen LogP contribution in [0.5, 0.6) is 0 Å². The minimum Gasteiger partial charge on any atom is -0.481 e. The molecule has 2 aliphatic rings. The fourth-order valence-corrected chi connectivity index (χ4v) is 2.02. The molecule has 3 nitrogen and oxygen atoms in total. The van der Waals surface area contributed by atoms with Gasteiger partial charge in [-0.15, -0.1) is 0 Å². The van der Waals surface area contributed by atoms with Crippen molar-refractivity contribution >= 4 is 5.97 Å². The first-order valence-electron chi connectivity index (χ1n) is 3.74. The van der Waals surface area contributed by atoms with E-state index in [1.54, 1.807) is 0 Å². The zero-order valence-electron chi connectivity index (χ0n) is 5.71. The molecule has 0 spiro atoms. The Morgan fingerprint density at radius 1 is 1.50 bits per heavy atom. The number of rotatable bonds is 1. The Kier molecular flexibility index (Phi) is 1.20. The standard InChI is InChI=1S/C7H11NO2/c9-7(10)6-4-1-2-8-3-5(4)6/h4-6,8H,1-3H2,(H,9,10)/t4-,5+,6+/m0/s1. The summed E-state index contributed by atoms with van der Waals surface area (Å²) in [7, 11) is 0. The van der Waals surface area contributed by atoms with Crippen molar-refractivity contribution in [3.05, 3.63) is 0 Å². The van der Waals surface area contributed by atoms with Gasteiger partial charge in [-0.2, -0.15) is 0 Å². The van der Waals surface area contributed by atoms with Crippen LogP contribution in [0.3, 0.4) is 0 Å². The third-order valence-corrected chi connectivity index (χ3v) is 2.65. The maximum absolute atomic E-state index is 10.5. The molecule has 0 bridgehead atoms. The van der Waals surface area contributed by atoms with E-state index in [9.17, 15) is 4.79 Å². The molecule has 3 atom stereocenters. The Labute approximate surface area is 59.4 Å². The molecule has 0 aromatic carbocycles. The highest BCUT2D eigenvalue weighted by Crippen LogP contribution is 2.49. The molecule has 0 unspecified atom stereocenters. The van der Waals surface area contributed by atoms with Crippen molar-refractivity contribution in [3.63, 3.8) is 0 Å². The first kappa shape index (κ1) is 6.16. The van der Waals surface area contributed by atoms with Gasteiger partial charge in [0, 0.05) is 0 Å². The lowest BCUT2D eigenvalue weighted by Crippen LogP contribution is -2.23. The minimum absolute atomic E-state index is 0.0185. The highest BCUT2D eigenvalue weighted by atomic mass is 16.4. The first-order valence-corrected chi connectivity index (χ1v) is 3.74. The number of carboxylic acids is 1. The summed E-state index contributed by atoms with van der Waals surface area (Å²) < 4.78 is 0. The molecule has 0 aromatic rings. The van der Waals surface area contributed by atoms with Crippen LogP contribution in [0.25, 0.3) is 0 Å². The molecular weight excluding hydrogens is 130 g/mol. The molecule has 1 saturated heterocycles. The number of fused-ring (bicyclic) bond motifs is 1. The van der Waals surface area contributed by atoms with Gasteiger partial charge in [-0.1, -0.05) is 0 Å². The SMILES string of the molecule is O=C(O)[C@H]1[C@@H]2CNCC[C@@H]21. The van der Waals surface area contributed by atoms with E-state index in [0.29, 0.717) is 11.8 Å². The van der Waals surface area contributed by atoms with E-state index in [4.69, 9.17) is 5.11 Å². The van der Waals surface area contributed by atoms with Crippen LogP contribution in [0, 0.1) is 17.8 Å². The fraction of sp³-hybridized carbons (Fsp3) is 0.857. The van der Waals surface area contributed by atoms with Crippen LogP contribution in [-0.4, -0.2) is 24.2 Å². The van der Waals surface area contributed by atoms with Crippen LogP contribution >= 0.6 is 0 Å².